The molecule has 6 aromatic rings. The van der Waals surface area contributed by atoms with Gasteiger partial charge in [-0.3, -0.25) is 24.6 Å². The summed E-state index contributed by atoms with van der Waals surface area (Å²) in [7, 11) is 1.75. The Labute approximate surface area is 263 Å². The Morgan fingerprint density at radius 2 is 1.27 bits per heavy atom. The Balaban J connectivity index is 0.000000172. The molecule has 1 aliphatic heterocycles. The second kappa shape index (κ2) is 14.6. The molecule has 0 unspecified atom stereocenters. The monoisotopic (exact) mass is 590 g/mol. The fourth-order valence-electron chi connectivity index (χ4n) is 5.81. The highest BCUT2D eigenvalue weighted by Gasteiger charge is 2.19. The summed E-state index contributed by atoms with van der Waals surface area (Å²) in [5, 5.41) is 2.00. The summed E-state index contributed by atoms with van der Waals surface area (Å²) >= 11 is 0. The second-order valence-electron chi connectivity index (χ2n) is 11.2. The Morgan fingerprint density at radius 3 is 1.84 bits per heavy atom. The molecule has 7 nitrogen and oxygen atoms in total. The number of rotatable bonds is 8. The smallest absolute Gasteiger partial charge is 0.197 e. The van der Waals surface area contributed by atoms with Crippen molar-refractivity contribution in [3.63, 3.8) is 0 Å². The molecule has 0 saturated carbocycles. The normalized spacial score (nSPS) is 13.6. The zero-order valence-electron chi connectivity index (χ0n) is 25.0. The lowest BCUT2D eigenvalue weighted by Gasteiger charge is -2.31. The molecule has 45 heavy (non-hydrogen) atoms. The van der Waals surface area contributed by atoms with E-state index in [9.17, 15) is 9.59 Å². The maximum atomic E-state index is 10.8. The minimum absolute atomic E-state index is 0.436. The van der Waals surface area contributed by atoms with Crippen LogP contribution in [0.1, 0.15) is 29.0 Å². The summed E-state index contributed by atoms with van der Waals surface area (Å²) in [6, 6.07) is 28.0. The zero-order valence-corrected chi connectivity index (χ0v) is 25.0. The van der Waals surface area contributed by atoms with Gasteiger partial charge in [0.1, 0.15) is 5.69 Å². The molecule has 1 radical (unpaired) electrons. The van der Waals surface area contributed by atoms with Crippen LogP contribution in [-0.4, -0.2) is 57.7 Å². The highest BCUT2D eigenvalue weighted by atomic mass is 16.1. The van der Waals surface area contributed by atoms with Crippen LogP contribution < -0.4 is 0 Å². The van der Waals surface area contributed by atoms with Gasteiger partial charge >= 0.3 is 0 Å². The van der Waals surface area contributed by atoms with E-state index in [4.69, 9.17) is 4.98 Å². The summed E-state index contributed by atoms with van der Waals surface area (Å²) < 4.78 is 0. The maximum Gasteiger partial charge on any atom is 0.197 e. The Kier molecular flexibility index (Phi) is 9.72. The minimum atomic E-state index is 0.436. The third kappa shape index (κ3) is 7.36. The standard InChI is InChI=1S/C22H23BN3O.C15H10N2O/c27-16-23-12-17-8-10-26(11-9-17)15-20-7-6-19-13-24-14-21(22(19)25-20)18-4-2-1-3-5-18;18-10-13-7-6-12-8-16-9-14(15(12)17-13)11-4-2-1-3-5-11/h1-7,13-14,16-17H,8-12,15H2;1-10H. The average molecular weight is 591 g/mol. The second-order valence-corrected chi connectivity index (χ2v) is 11.2. The maximum absolute atomic E-state index is 10.8. The van der Waals surface area contributed by atoms with Gasteiger partial charge in [0.15, 0.2) is 13.6 Å². The number of fused-ring (bicyclic) bond motifs is 2. The lowest BCUT2D eigenvalue weighted by atomic mass is 9.69. The summed E-state index contributed by atoms with van der Waals surface area (Å²) in [5.74, 6) is 0.645. The molecule has 221 valence electrons. The summed E-state index contributed by atoms with van der Waals surface area (Å²) in [5.41, 5.74) is 7.58. The Bertz CT molecular complexity index is 1890. The first kappa shape index (κ1) is 30.0. The van der Waals surface area contributed by atoms with Crippen molar-refractivity contribution < 1.29 is 9.59 Å². The van der Waals surface area contributed by atoms with Gasteiger partial charge in [-0.2, -0.15) is 0 Å². The molecule has 0 aliphatic carbocycles. The summed E-state index contributed by atoms with van der Waals surface area (Å²) in [4.78, 5) is 41.7. The molecule has 7 rings (SSSR count). The lowest BCUT2D eigenvalue weighted by Crippen LogP contribution is -2.33. The van der Waals surface area contributed by atoms with Gasteiger partial charge in [-0.1, -0.05) is 67.0 Å². The molecule has 5 heterocycles. The fourth-order valence-corrected chi connectivity index (χ4v) is 5.81. The molecule has 4 aromatic heterocycles. The number of piperidine rings is 1. The van der Waals surface area contributed by atoms with Crippen LogP contribution in [0.15, 0.2) is 110 Å². The first-order valence-electron chi connectivity index (χ1n) is 15.3. The van der Waals surface area contributed by atoms with E-state index in [1.54, 1.807) is 25.7 Å². The number of aromatic nitrogens is 4. The number of hydrogen-bond donors (Lipinski definition) is 0. The van der Waals surface area contributed by atoms with Gasteiger partial charge in [0.25, 0.3) is 0 Å². The molecule has 1 saturated heterocycles. The van der Waals surface area contributed by atoms with Crippen molar-refractivity contribution >= 4 is 41.6 Å². The molecule has 1 aliphatic rings. The Hall–Kier alpha value is -5.08. The predicted octanol–water partition coefficient (Wildman–Crippen LogP) is 6.93. The van der Waals surface area contributed by atoms with Gasteiger partial charge in [-0.05, 0) is 67.2 Å². The molecule has 8 heteroatoms. The molecule has 0 atom stereocenters. The number of carbonyl (C=O) groups is 2. The zero-order chi connectivity index (χ0) is 30.8. The van der Waals surface area contributed by atoms with Gasteiger partial charge in [-0.25, -0.2) is 4.98 Å². The molecule has 0 N–H and O–H groups in total. The SMILES string of the molecule is O=C[B]CC1CCN(Cc2ccc3cncc(-c4ccccc4)c3n2)CC1.O=Cc1ccc2cncc(-c3ccccc3)c2n1. The van der Waals surface area contributed by atoms with Crippen LogP contribution in [0.4, 0.5) is 0 Å². The summed E-state index contributed by atoms with van der Waals surface area (Å²) in [6.45, 7) is 3.01. The lowest BCUT2D eigenvalue weighted by molar-refractivity contribution is 0.111. The number of carbonyl (C=O) groups excluding carboxylic acids is 2. The first-order valence-corrected chi connectivity index (χ1v) is 15.3. The van der Waals surface area contributed by atoms with Crippen LogP contribution in [0.25, 0.3) is 44.1 Å². The van der Waals surface area contributed by atoms with E-state index in [1.165, 1.54) is 0 Å². The van der Waals surface area contributed by atoms with Gasteiger partial charge in [-0.15, -0.1) is 0 Å². The largest absolute Gasteiger partial charge is 0.316 e. The highest BCUT2D eigenvalue weighted by Crippen LogP contribution is 2.28. The van der Waals surface area contributed by atoms with Crippen molar-refractivity contribution in [2.45, 2.75) is 25.7 Å². The van der Waals surface area contributed by atoms with Crippen molar-refractivity contribution in [2.24, 2.45) is 5.92 Å². The van der Waals surface area contributed by atoms with Crippen molar-refractivity contribution in [2.75, 3.05) is 13.1 Å². The fraction of sp³-hybridized carbons (Fsp3) is 0.189. The van der Waals surface area contributed by atoms with E-state index in [2.05, 4.69) is 44.1 Å². The van der Waals surface area contributed by atoms with Crippen molar-refractivity contribution in [1.82, 2.24) is 24.8 Å². The van der Waals surface area contributed by atoms with Crippen LogP contribution in [0, 0.1) is 5.92 Å². The number of hydrogen-bond acceptors (Lipinski definition) is 7. The van der Waals surface area contributed by atoms with E-state index in [0.29, 0.717) is 11.6 Å². The molecule has 0 bridgehead atoms. The number of likely N-dealkylation sites (tertiary alicyclic amines) is 1. The Morgan fingerprint density at radius 1 is 0.689 bits per heavy atom. The van der Waals surface area contributed by atoms with E-state index < -0.39 is 0 Å². The first-order chi connectivity index (χ1) is 22.2. The molecular weight excluding hydrogens is 557 g/mol. The molecule has 1 fully saturated rings. The van der Waals surface area contributed by atoms with Crippen molar-refractivity contribution in [3.05, 3.63) is 121 Å². The highest BCUT2D eigenvalue weighted by molar-refractivity contribution is 6.66. The number of aldehydes is 1. The number of benzene rings is 2. The van der Waals surface area contributed by atoms with E-state index in [-0.39, 0.29) is 0 Å². The summed E-state index contributed by atoms with van der Waals surface area (Å²) in [6.07, 6.45) is 12.2. The molecule has 2 aromatic carbocycles. The topological polar surface area (TPSA) is 88.9 Å². The van der Waals surface area contributed by atoms with Gasteiger partial charge in [0.2, 0.25) is 0 Å². The van der Waals surface area contributed by atoms with E-state index in [0.717, 1.165) is 101 Å². The van der Waals surface area contributed by atoms with Gasteiger partial charge in [0, 0.05) is 53.2 Å². The number of nitrogens with zero attached hydrogens (tertiary/aromatic N) is 5. The quantitative estimate of drug-likeness (QED) is 0.140. The van der Waals surface area contributed by atoms with Crippen LogP contribution in [-0.2, 0) is 11.3 Å². The van der Waals surface area contributed by atoms with Gasteiger partial charge in [0.05, 0.1) is 22.9 Å². The van der Waals surface area contributed by atoms with Crippen molar-refractivity contribution in [1.29, 1.82) is 0 Å². The third-order valence-electron chi connectivity index (χ3n) is 8.23. The number of pyridine rings is 4. The molecule has 0 spiro atoms. The van der Waals surface area contributed by atoms with Crippen LogP contribution >= 0.6 is 0 Å². The van der Waals surface area contributed by atoms with Crippen LogP contribution in [0.5, 0.6) is 0 Å². The van der Waals surface area contributed by atoms with Crippen molar-refractivity contribution in [3.8, 4) is 22.3 Å². The van der Waals surface area contributed by atoms with E-state index >= 15 is 0 Å². The third-order valence-corrected chi connectivity index (χ3v) is 8.23. The van der Waals surface area contributed by atoms with Gasteiger partial charge < -0.3 is 4.79 Å². The molecule has 0 amide bonds. The van der Waals surface area contributed by atoms with E-state index in [1.807, 2.05) is 67.0 Å². The van der Waals surface area contributed by atoms with Crippen LogP contribution in [0.3, 0.4) is 0 Å². The van der Waals surface area contributed by atoms with Crippen LogP contribution in [0.2, 0.25) is 6.32 Å². The molecular formula is C37H33BN5O2. The predicted molar refractivity (Wildman–Crippen MR) is 181 cm³/mol. The minimum Gasteiger partial charge on any atom is -0.316 e. The average Bonchev–Trinajstić information content (AvgIpc) is 3.11.